The summed E-state index contributed by atoms with van der Waals surface area (Å²) in [4.78, 5) is 55.4. The molecule has 1 aliphatic carbocycles. The lowest BCUT2D eigenvalue weighted by molar-refractivity contribution is -0.137. The minimum Gasteiger partial charge on any atom is -0.349 e. The number of rotatable bonds is 2. The Labute approximate surface area is 212 Å². The van der Waals surface area contributed by atoms with Gasteiger partial charge in [-0.1, -0.05) is 60.1 Å². The Hall–Kier alpha value is -3.82. The Balaban J connectivity index is 1.56. The van der Waals surface area contributed by atoms with Crippen molar-refractivity contribution in [2.45, 2.75) is 17.9 Å². The van der Waals surface area contributed by atoms with Gasteiger partial charge in [0.25, 0.3) is 0 Å². The van der Waals surface area contributed by atoms with Gasteiger partial charge in [0.2, 0.25) is 29.0 Å². The van der Waals surface area contributed by atoms with Crippen LogP contribution < -0.4 is 4.90 Å². The van der Waals surface area contributed by atoms with Gasteiger partial charge in [0.15, 0.2) is 0 Å². The number of amides is 2. The average Bonchev–Trinajstić information content (AvgIpc) is 3.44. The van der Waals surface area contributed by atoms with Crippen LogP contribution in [0.2, 0.25) is 5.02 Å². The van der Waals surface area contributed by atoms with Crippen LogP contribution in [0.15, 0.2) is 72.8 Å². The Morgan fingerprint density at radius 1 is 0.784 bits per heavy atom. The summed E-state index contributed by atoms with van der Waals surface area (Å²) in [5, 5.41) is 0.364. The van der Waals surface area contributed by atoms with E-state index in [0.29, 0.717) is 15.5 Å². The lowest BCUT2D eigenvalue weighted by atomic mass is 9.77. The summed E-state index contributed by atoms with van der Waals surface area (Å²) in [6.45, 7) is 0. The van der Waals surface area contributed by atoms with Gasteiger partial charge in [-0.2, -0.15) is 13.2 Å². The number of hydrogen-bond acceptors (Lipinski definition) is 5. The van der Waals surface area contributed by atoms with E-state index in [1.165, 1.54) is 42.5 Å². The van der Waals surface area contributed by atoms with Gasteiger partial charge in [-0.05, 0) is 29.8 Å². The molecular weight excluding hydrogens is 511 g/mol. The number of imide groups is 1. The number of carbonyl (C=O) groups is 4. The molecule has 2 saturated heterocycles. The fraction of sp³-hybridized carbons (Fsp3) is 0.185. The highest BCUT2D eigenvalue weighted by molar-refractivity contribution is 6.37. The molecule has 3 aromatic carbocycles. The second kappa shape index (κ2) is 7.84. The maximum absolute atomic E-state index is 13.8. The van der Waals surface area contributed by atoms with E-state index in [0.717, 1.165) is 18.2 Å². The molecule has 1 spiro atoms. The number of hydrogen-bond donors (Lipinski definition) is 0. The van der Waals surface area contributed by atoms with Gasteiger partial charge in [-0.3, -0.25) is 19.2 Å². The van der Waals surface area contributed by atoms with Crippen LogP contribution in [-0.2, 0) is 20.5 Å². The molecule has 0 radical (unpaired) electrons. The van der Waals surface area contributed by atoms with Crippen molar-refractivity contribution in [2.24, 2.45) is 11.8 Å². The van der Waals surface area contributed by atoms with Crippen molar-refractivity contribution in [3.05, 3.63) is 100 Å². The van der Waals surface area contributed by atoms with Gasteiger partial charge in [0.1, 0.15) is 0 Å². The molecule has 2 amide bonds. The largest absolute Gasteiger partial charge is 0.418 e. The minimum atomic E-state index is -4.87. The molecule has 2 heterocycles. The van der Waals surface area contributed by atoms with Crippen LogP contribution >= 0.6 is 11.6 Å². The highest BCUT2D eigenvalue weighted by Gasteiger charge is 2.75. The van der Waals surface area contributed by atoms with Gasteiger partial charge in [-0.15, -0.1) is 0 Å². The topological polar surface area (TPSA) is 80.8 Å². The number of ketones is 2. The minimum absolute atomic E-state index is 0.0254. The van der Waals surface area contributed by atoms with Crippen LogP contribution in [0.3, 0.4) is 0 Å². The maximum atomic E-state index is 13.8. The quantitative estimate of drug-likeness (QED) is 0.345. The monoisotopic (exact) mass is 525 g/mol. The molecule has 0 aromatic heterocycles. The number of carbonyl (C=O) groups excluding carboxylic acids is 4. The summed E-state index contributed by atoms with van der Waals surface area (Å²) in [5.41, 5.74) is -3.84. The van der Waals surface area contributed by atoms with E-state index in [4.69, 9.17) is 16.3 Å². The predicted octanol–water partition coefficient (Wildman–Crippen LogP) is 5.05. The first kappa shape index (κ1) is 23.6. The third kappa shape index (κ3) is 3.10. The standard InChI is InChI=1S/C27H15ClF3NO5/c28-14-11-9-13(10-12-14)21-19-20(26(37-21)22(33)15-5-1-2-6-16(15)23(26)34)25(36)32(24(19)35)18-8-4-3-7-17(18)27(29,30)31/h1-12,19-21H/t19-,20-,21+/m0/s1. The normalized spacial score (nSPS) is 24.2. The van der Waals surface area contributed by atoms with E-state index in [9.17, 15) is 32.3 Å². The Kier molecular flexibility index (Phi) is 4.99. The number of alkyl halides is 3. The van der Waals surface area contributed by atoms with Crippen LogP contribution in [0.25, 0.3) is 0 Å². The number of nitrogens with zero attached hydrogens (tertiary/aromatic N) is 1. The van der Waals surface area contributed by atoms with Gasteiger partial charge in [0.05, 0.1) is 29.2 Å². The number of Topliss-reactive ketones (excluding diaryl/α,β-unsaturated/α-hetero) is 2. The zero-order valence-corrected chi connectivity index (χ0v) is 19.4. The molecule has 186 valence electrons. The summed E-state index contributed by atoms with van der Waals surface area (Å²) < 4.78 is 47.6. The first-order valence-electron chi connectivity index (χ1n) is 11.2. The van der Waals surface area contributed by atoms with E-state index in [2.05, 4.69) is 0 Å². The van der Waals surface area contributed by atoms with Crippen molar-refractivity contribution in [1.82, 2.24) is 0 Å². The smallest absolute Gasteiger partial charge is 0.349 e. The van der Waals surface area contributed by atoms with Gasteiger partial charge in [-0.25, -0.2) is 4.90 Å². The maximum Gasteiger partial charge on any atom is 0.418 e. The summed E-state index contributed by atoms with van der Waals surface area (Å²) in [6.07, 6.45) is -6.13. The first-order valence-corrected chi connectivity index (χ1v) is 11.6. The van der Waals surface area contributed by atoms with Crippen molar-refractivity contribution in [2.75, 3.05) is 4.90 Å². The third-order valence-corrected chi connectivity index (χ3v) is 7.42. The molecule has 3 atom stereocenters. The zero-order valence-electron chi connectivity index (χ0n) is 18.7. The molecule has 10 heteroatoms. The Morgan fingerprint density at radius 3 is 1.95 bits per heavy atom. The van der Waals surface area contributed by atoms with Crippen LogP contribution in [0.1, 0.15) is 37.9 Å². The summed E-state index contributed by atoms with van der Waals surface area (Å²) in [7, 11) is 0. The molecule has 0 bridgehead atoms. The van der Waals surface area contributed by atoms with E-state index in [1.807, 2.05) is 0 Å². The fourth-order valence-corrected chi connectivity index (χ4v) is 5.74. The van der Waals surface area contributed by atoms with Crippen molar-refractivity contribution < 1.29 is 37.1 Å². The number of anilines is 1. The van der Waals surface area contributed by atoms with Crippen LogP contribution in [0.5, 0.6) is 0 Å². The summed E-state index contributed by atoms with van der Waals surface area (Å²) >= 11 is 5.99. The van der Waals surface area contributed by atoms with Gasteiger partial charge >= 0.3 is 6.18 Å². The molecular formula is C27H15ClF3NO5. The first-order chi connectivity index (χ1) is 17.6. The molecule has 37 heavy (non-hydrogen) atoms. The molecule has 6 nitrogen and oxygen atoms in total. The van der Waals surface area contributed by atoms with Crippen LogP contribution in [0.4, 0.5) is 18.9 Å². The summed E-state index contributed by atoms with van der Waals surface area (Å²) in [6, 6.07) is 16.1. The molecule has 0 saturated carbocycles. The molecule has 0 unspecified atom stereocenters. The second-order valence-electron chi connectivity index (χ2n) is 9.06. The Morgan fingerprint density at radius 2 is 1.35 bits per heavy atom. The van der Waals surface area contributed by atoms with Crippen LogP contribution in [0, 0.1) is 11.8 Å². The highest BCUT2D eigenvalue weighted by Crippen LogP contribution is 2.58. The Bertz CT molecular complexity index is 1480. The molecule has 3 aromatic rings. The molecule has 2 fully saturated rings. The van der Waals surface area contributed by atoms with E-state index in [1.54, 1.807) is 12.1 Å². The van der Waals surface area contributed by atoms with E-state index < -0.39 is 64.3 Å². The van der Waals surface area contributed by atoms with E-state index in [-0.39, 0.29) is 11.1 Å². The SMILES string of the molecule is O=C1[C@@H]2[C@@H](c3ccc(Cl)cc3)OC3(C(=O)c4ccccc4C3=O)[C@@H]2C(=O)N1c1ccccc1C(F)(F)F. The van der Waals surface area contributed by atoms with Crippen molar-refractivity contribution >= 4 is 40.7 Å². The lowest BCUT2D eigenvalue weighted by Crippen LogP contribution is -2.51. The van der Waals surface area contributed by atoms with Crippen molar-refractivity contribution in [3.8, 4) is 0 Å². The van der Waals surface area contributed by atoms with Crippen molar-refractivity contribution in [3.63, 3.8) is 0 Å². The number of ether oxygens (including phenoxy) is 1. The van der Waals surface area contributed by atoms with Crippen LogP contribution in [-0.4, -0.2) is 29.0 Å². The molecule has 6 rings (SSSR count). The molecule has 0 N–H and O–H groups in total. The highest BCUT2D eigenvalue weighted by atomic mass is 35.5. The number of halogens is 4. The van der Waals surface area contributed by atoms with Gasteiger partial charge in [0, 0.05) is 16.1 Å². The lowest BCUT2D eigenvalue weighted by Gasteiger charge is -2.28. The third-order valence-electron chi connectivity index (χ3n) is 7.17. The number of fused-ring (bicyclic) bond motifs is 3. The molecule has 3 aliphatic rings. The summed E-state index contributed by atoms with van der Waals surface area (Å²) in [5.74, 6) is -6.76. The second-order valence-corrected chi connectivity index (χ2v) is 9.50. The number of benzene rings is 3. The molecule has 2 aliphatic heterocycles. The van der Waals surface area contributed by atoms with E-state index >= 15 is 0 Å². The zero-order chi connectivity index (χ0) is 26.3. The average molecular weight is 526 g/mol. The van der Waals surface area contributed by atoms with Crippen molar-refractivity contribution in [1.29, 1.82) is 0 Å². The van der Waals surface area contributed by atoms with Gasteiger partial charge < -0.3 is 4.74 Å². The predicted molar refractivity (Wildman–Crippen MR) is 124 cm³/mol. The number of para-hydroxylation sites is 1. The fourth-order valence-electron chi connectivity index (χ4n) is 5.62.